The molecule has 2 aromatic carbocycles. The van der Waals surface area contributed by atoms with Gasteiger partial charge in [0.15, 0.2) is 0 Å². The first-order valence-electron chi connectivity index (χ1n) is 11.7. The van der Waals surface area contributed by atoms with Crippen LogP contribution in [0.4, 0.5) is 10.7 Å². The SMILES string of the molecule is CCOc1cccc(-n2cc(-c3ccccc3)nc2NC(=O)CN(C(=O)NC(C)C)C2CC2)c1. The lowest BCUT2D eigenvalue weighted by Crippen LogP contribution is -2.47. The zero-order valence-electron chi connectivity index (χ0n) is 19.8. The summed E-state index contributed by atoms with van der Waals surface area (Å²) in [5, 5.41) is 5.81. The van der Waals surface area contributed by atoms with Gasteiger partial charge in [0.2, 0.25) is 11.9 Å². The third kappa shape index (κ3) is 5.75. The van der Waals surface area contributed by atoms with Gasteiger partial charge in [-0.2, -0.15) is 0 Å². The van der Waals surface area contributed by atoms with Crippen LogP contribution >= 0.6 is 0 Å². The minimum atomic E-state index is -0.293. The van der Waals surface area contributed by atoms with Gasteiger partial charge in [0.05, 0.1) is 18.0 Å². The van der Waals surface area contributed by atoms with Gasteiger partial charge in [-0.05, 0) is 45.7 Å². The second kappa shape index (κ2) is 10.4. The Balaban J connectivity index is 1.61. The first kappa shape index (κ1) is 23.4. The number of imidazole rings is 1. The Morgan fingerprint density at radius 2 is 1.91 bits per heavy atom. The molecule has 1 fully saturated rings. The molecule has 0 radical (unpaired) electrons. The van der Waals surface area contributed by atoms with Gasteiger partial charge in [0, 0.05) is 29.9 Å². The molecule has 0 atom stereocenters. The molecule has 178 valence electrons. The van der Waals surface area contributed by atoms with Crippen LogP contribution in [-0.2, 0) is 4.79 Å². The Kier molecular flexibility index (Phi) is 7.15. The van der Waals surface area contributed by atoms with Crippen molar-refractivity contribution in [3.05, 3.63) is 60.8 Å². The number of carbonyl (C=O) groups excluding carboxylic acids is 2. The summed E-state index contributed by atoms with van der Waals surface area (Å²) in [6, 6.07) is 17.3. The van der Waals surface area contributed by atoms with E-state index in [1.807, 2.05) is 86.1 Å². The molecule has 1 heterocycles. The third-order valence-electron chi connectivity index (χ3n) is 5.41. The highest BCUT2D eigenvalue weighted by molar-refractivity contribution is 5.94. The quantitative estimate of drug-likeness (QED) is 0.492. The number of hydrogen-bond donors (Lipinski definition) is 2. The average molecular weight is 462 g/mol. The zero-order chi connectivity index (χ0) is 24.1. The number of anilines is 1. The van der Waals surface area contributed by atoms with Crippen molar-refractivity contribution >= 4 is 17.9 Å². The van der Waals surface area contributed by atoms with Crippen molar-refractivity contribution in [1.29, 1.82) is 0 Å². The molecular weight excluding hydrogens is 430 g/mol. The predicted octanol–water partition coefficient (Wildman–Crippen LogP) is 4.46. The third-order valence-corrected chi connectivity index (χ3v) is 5.41. The fourth-order valence-corrected chi connectivity index (χ4v) is 3.70. The Morgan fingerprint density at radius 3 is 2.59 bits per heavy atom. The fourth-order valence-electron chi connectivity index (χ4n) is 3.70. The Hall–Kier alpha value is -3.81. The highest BCUT2D eigenvalue weighted by atomic mass is 16.5. The van der Waals surface area contributed by atoms with Gasteiger partial charge in [-0.1, -0.05) is 36.4 Å². The number of rotatable bonds is 9. The normalized spacial score (nSPS) is 12.9. The van der Waals surface area contributed by atoms with E-state index in [9.17, 15) is 9.59 Å². The summed E-state index contributed by atoms with van der Waals surface area (Å²) < 4.78 is 7.48. The number of ether oxygens (including phenoxy) is 1. The lowest BCUT2D eigenvalue weighted by atomic mass is 10.2. The average Bonchev–Trinajstić information content (AvgIpc) is 3.57. The van der Waals surface area contributed by atoms with Crippen LogP contribution in [0.15, 0.2) is 60.8 Å². The minimum Gasteiger partial charge on any atom is -0.494 e. The number of aromatic nitrogens is 2. The highest BCUT2D eigenvalue weighted by Crippen LogP contribution is 2.28. The van der Waals surface area contributed by atoms with Crippen LogP contribution in [-0.4, -0.2) is 51.6 Å². The van der Waals surface area contributed by atoms with Crippen LogP contribution in [0.5, 0.6) is 5.75 Å². The maximum atomic E-state index is 13.0. The van der Waals surface area contributed by atoms with E-state index in [2.05, 4.69) is 10.6 Å². The number of hydrogen-bond acceptors (Lipinski definition) is 4. The van der Waals surface area contributed by atoms with Crippen molar-refractivity contribution in [2.75, 3.05) is 18.5 Å². The number of carbonyl (C=O) groups is 2. The largest absolute Gasteiger partial charge is 0.494 e. The number of amides is 3. The first-order chi connectivity index (χ1) is 16.4. The van der Waals surface area contributed by atoms with E-state index in [-0.39, 0.29) is 30.6 Å². The fraction of sp³-hybridized carbons (Fsp3) is 0.346. The van der Waals surface area contributed by atoms with Gasteiger partial charge >= 0.3 is 6.03 Å². The lowest BCUT2D eigenvalue weighted by molar-refractivity contribution is -0.117. The van der Waals surface area contributed by atoms with Crippen LogP contribution < -0.4 is 15.4 Å². The summed E-state index contributed by atoms with van der Waals surface area (Å²) in [4.78, 5) is 31.9. The van der Waals surface area contributed by atoms with E-state index < -0.39 is 0 Å². The van der Waals surface area contributed by atoms with E-state index >= 15 is 0 Å². The second-order valence-corrected chi connectivity index (χ2v) is 8.63. The topological polar surface area (TPSA) is 88.5 Å². The Bertz CT molecular complexity index is 1140. The summed E-state index contributed by atoms with van der Waals surface area (Å²) in [6.45, 7) is 6.27. The standard InChI is InChI=1S/C26H31N5O3/c1-4-34-22-12-8-11-21(15-22)30-16-23(19-9-6-5-7-10-19)28-25(30)29-24(32)17-31(20-13-14-20)26(33)27-18(2)3/h5-12,15-16,18,20H,4,13-14,17H2,1-3H3,(H,27,33)(H,28,29,32). The monoisotopic (exact) mass is 461 g/mol. The summed E-state index contributed by atoms with van der Waals surface area (Å²) in [7, 11) is 0. The smallest absolute Gasteiger partial charge is 0.318 e. The molecule has 1 aliphatic carbocycles. The van der Waals surface area contributed by atoms with Gasteiger partial charge < -0.3 is 15.0 Å². The van der Waals surface area contributed by atoms with Gasteiger partial charge in [0.1, 0.15) is 12.3 Å². The first-order valence-corrected chi connectivity index (χ1v) is 11.7. The molecule has 0 bridgehead atoms. The van der Waals surface area contributed by atoms with Crippen LogP contribution in [0, 0.1) is 0 Å². The minimum absolute atomic E-state index is 0.00163. The molecular formula is C26H31N5O3. The number of nitrogens with zero attached hydrogens (tertiary/aromatic N) is 3. The Morgan fingerprint density at radius 1 is 1.15 bits per heavy atom. The van der Waals surface area contributed by atoms with E-state index in [0.717, 1.165) is 35.5 Å². The van der Waals surface area contributed by atoms with E-state index in [0.29, 0.717) is 12.6 Å². The molecule has 1 saturated carbocycles. The van der Waals surface area contributed by atoms with Gasteiger partial charge in [0.25, 0.3) is 0 Å². The van der Waals surface area contributed by atoms with Crippen LogP contribution in [0.1, 0.15) is 33.6 Å². The Labute approximate surface area is 199 Å². The van der Waals surface area contributed by atoms with Crippen molar-refractivity contribution in [2.24, 2.45) is 0 Å². The van der Waals surface area contributed by atoms with Gasteiger partial charge in [-0.15, -0.1) is 0 Å². The van der Waals surface area contributed by atoms with Crippen molar-refractivity contribution in [1.82, 2.24) is 19.8 Å². The molecule has 1 aliphatic rings. The molecule has 8 nitrogen and oxygen atoms in total. The zero-order valence-corrected chi connectivity index (χ0v) is 19.8. The maximum Gasteiger partial charge on any atom is 0.318 e. The lowest BCUT2D eigenvalue weighted by Gasteiger charge is -2.23. The molecule has 34 heavy (non-hydrogen) atoms. The molecule has 0 aliphatic heterocycles. The van der Waals surface area contributed by atoms with Crippen LogP contribution in [0.25, 0.3) is 16.9 Å². The summed E-state index contributed by atoms with van der Waals surface area (Å²) in [6.07, 6.45) is 3.71. The summed E-state index contributed by atoms with van der Waals surface area (Å²) in [5.74, 6) is 0.827. The number of benzene rings is 2. The van der Waals surface area contributed by atoms with Crippen molar-refractivity contribution in [2.45, 2.75) is 45.7 Å². The molecule has 8 heteroatoms. The molecule has 0 unspecified atom stereocenters. The molecule has 1 aromatic heterocycles. The van der Waals surface area contributed by atoms with Crippen molar-refractivity contribution in [3.8, 4) is 22.7 Å². The predicted molar refractivity (Wildman–Crippen MR) is 132 cm³/mol. The molecule has 0 saturated heterocycles. The molecule has 0 spiro atoms. The highest BCUT2D eigenvalue weighted by Gasteiger charge is 2.34. The van der Waals surface area contributed by atoms with Crippen molar-refractivity contribution in [3.63, 3.8) is 0 Å². The van der Waals surface area contributed by atoms with E-state index in [1.165, 1.54) is 0 Å². The molecule has 3 amide bonds. The van der Waals surface area contributed by atoms with E-state index in [1.54, 1.807) is 4.90 Å². The van der Waals surface area contributed by atoms with Crippen molar-refractivity contribution < 1.29 is 14.3 Å². The molecule has 2 N–H and O–H groups in total. The summed E-state index contributed by atoms with van der Waals surface area (Å²) >= 11 is 0. The van der Waals surface area contributed by atoms with Crippen LogP contribution in [0.2, 0.25) is 0 Å². The van der Waals surface area contributed by atoms with E-state index in [4.69, 9.17) is 9.72 Å². The number of nitrogens with one attached hydrogen (secondary N) is 2. The molecule has 3 aromatic rings. The maximum absolute atomic E-state index is 13.0. The van der Waals surface area contributed by atoms with Crippen LogP contribution in [0.3, 0.4) is 0 Å². The number of urea groups is 1. The van der Waals surface area contributed by atoms with Gasteiger partial charge in [-0.3, -0.25) is 14.7 Å². The second-order valence-electron chi connectivity index (χ2n) is 8.63. The van der Waals surface area contributed by atoms with Gasteiger partial charge in [-0.25, -0.2) is 9.78 Å². The molecule has 4 rings (SSSR count). The summed E-state index contributed by atoms with van der Waals surface area (Å²) in [5.41, 5.74) is 2.48.